The highest BCUT2D eigenvalue weighted by Gasteiger charge is 2.08. The molecule has 0 heterocycles. The Hall–Kier alpha value is -2.09. The molecule has 0 bridgehead atoms. The Morgan fingerprint density at radius 3 is 2.33 bits per heavy atom. The topological polar surface area (TPSA) is 26.3 Å². The second kappa shape index (κ2) is 7.07. The van der Waals surface area contributed by atoms with E-state index in [1.54, 1.807) is 0 Å². The number of benzene rings is 2. The van der Waals surface area contributed by atoms with Crippen LogP contribution in [0.3, 0.4) is 0 Å². The maximum absolute atomic E-state index is 12.1. The lowest BCUT2D eigenvalue weighted by atomic mass is 9.97. The van der Waals surface area contributed by atoms with Gasteiger partial charge in [-0.05, 0) is 55.2 Å². The molecule has 0 radical (unpaired) electrons. The number of carbonyl (C=O) groups excluding carboxylic acids is 1. The van der Waals surface area contributed by atoms with Gasteiger partial charge in [-0.25, -0.2) is 0 Å². The summed E-state index contributed by atoms with van der Waals surface area (Å²) in [5.74, 6) is 1.05. The highest BCUT2D eigenvalue weighted by Crippen LogP contribution is 2.16. The highest BCUT2D eigenvalue weighted by molar-refractivity contribution is 5.81. The average Bonchev–Trinajstić information content (AvgIpc) is 2.43. The molecular weight excluding hydrogens is 260 g/mol. The van der Waals surface area contributed by atoms with Gasteiger partial charge < -0.3 is 4.74 Å². The van der Waals surface area contributed by atoms with Crippen molar-refractivity contribution in [1.29, 1.82) is 0 Å². The molecule has 0 aliphatic rings. The highest BCUT2D eigenvalue weighted by atomic mass is 16.5. The van der Waals surface area contributed by atoms with Gasteiger partial charge in [0.05, 0.1) is 6.61 Å². The van der Waals surface area contributed by atoms with Gasteiger partial charge >= 0.3 is 0 Å². The number of ketones is 1. The smallest absolute Gasteiger partial charge is 0.140 e. The SMILES string of the molecule is Cc1cccc(OCCC(=O)Cc2c(C)cccc2C)c1. The summed E-state index contributed by atoms with van der Waals surface area (Å²) in [5.41, 5.74) is 4.68. The van der Waals surface area contributed by atoms with Crippen molar-refractivity contribution in [2.24, 2.45) is 0 Å². The van der Waals surface area contributed by atoms with Gasteiger partial charge in [-0.2, -0.15) is 0 Å². The van der Waals surface area contributed by atoms with Crippen LogP contribution in [0.4, 0.5) is 0 Å². The van der Waals surface area contributed by atoms with Crippen molar-refractivity contribution in [3.8, 4) is 5.75 Å². The van der Waals surface area contributed by atoms with Gasteiger partial charge in [-0.3, -0.25) is 4.79 Å². The summed E-state index contributed by atoms with van der Waals surface area (Å²) in [6.07, 6.45) is 0.942. The summed E-state index contributed by atoms with van der Waals surface area (Å²) >= 11 is 0. The first-order valence-corrected chi connectivity index (χ1v) is 7.32. The molecule has 110 valence electrons. The molecule has 0 N–H and O–H groups in total. The van der Waals surface area contributed by atoms with Crippen molar-refractivity contribution in [3.63, 3.8) is 0 Å². The molecule has 2 heteroatoms. The predicted octanol–water partition coefficient (Wildman–Crippen LogP) is 4.19. The molecule has 21 heavy (non-hydrogen) atoms. The Labute approximate surface area is 126 Å². The van der Waals surface area contributed by atoms with E-state index in [0.29, 0.717) is 19.4 Å². The van der Waals surface area contributed by atoms with Gasteiger partial charge in [-0.15, -0.1) is 0 Å². The summed E-state index contributed by atoms with van der Waals surface area (Å²) in [6, 6.07) is 14.0. The van der Waals surface area contributed by atoms with Gasteiger partial charge in [0.1, 0.15) is 11.5 Å². The molecule has 0 fully saturated rings. The van der Waals surface area contributed by atoms with E-state index >= 15 is 0 Å². The Morgan fingerprint density at radius 1 is 1.00 bits per heavy atom. The van der Waals surface area contributed by atoms with E-state index in [1.165, 1.54) is 11.1 Å². The van der Waals surface area contributed by atoms with Crippen LogP contribution < -0.4 is 4.74 Å². The van der Waals surface area contributed by atoms with Crippen LogP contribution in [0.1, 0.15) is 28.7 Å². The summed E-state index contributed by atoms with van der Waals surface area (Å²) < 4.78 is 5.63. The van der Waals surface area contributed by atoms with Crippen LogP contribution in [0, 0.1) is 20.8 Å². The molecule has 0 amide bonds. The molecule has 2 nitrogen and oxygen atoms in total. The Balaban J connectivity index is 1.85. The number of aryl methyl sites for hydroxylation is 3. The van der Waals surface area contributed by atoms with Crippen molar-refractivity contribution in [1.82, 2.24) is 0 Å². The van der Waals surface area contributed by atoms with Gasteiger partial charge in [-0.1, -0.05) is 30.3 Å². The second-order valence-corrected chi connectivity index (χ2v) is 5.50. The Morgan fingerprint density at radius 2 is 1.67 bits per heavy atom. The zero-order valence-corrected chi connectivity index (χ0v) is 13.0. The van der Waals surface area contributed by atoms with E-state index in [0.717, 1.165) is 16.9 Å². The van der Waals surface area contributed by atoms with E-state index in [9.17, 15) is 4.79 Å². The largest absolute Gasteiger partial charge is 0.493 e. The van der Waals surface area contributed by atoms with Crippen LogP contribution in [0.5, 0.6) is 5.75 Å². The van der Waals surface area contributed by atoms with Crippen molar-refractivity contribution in [3.05, 3.63) is 64.7 Å². The van der Waals surface area contributed by atoms with Crippen LogP contribution in [0.2, 0.25) is 0 Å². The molecule has 0 spiro atoms. The molecule has 0 aliphatic carbocycles. The van der Waals surface area contributed by atoms with Crippen LogP contribution in [0.15, 0.2) is 42.5 Å². The molecule has 0 atom stereocenters. The second-order valence-electron chi connectivity index (χ2n) is 5.50. The first-order valence-electron chi connectivity index (χ1n) is 7.32. The lowest BCUT2D eigenvalue weighted by Gasteiger charge is -2.10. The minimum absolute atomic E-state index is 0.222. The summed E-state index contributed by atoms with van der Waals surface area (Å²) in [7, 11) is 0. The minimum Gasteiger partial charge on any atom is -0.493 e. The number of hydrogen-bond acceptors (Lipinski definition) is 2. The predicted molar refractivity (Wildman–Crippen MR) is 85.9 cm³/mol. The monoisotopic (exact) mass is 282 g/mol. The number of hydrogen-bond donors (Lipinski definition) is 0. The van der Waals surface area contributed by atoms with Gasteiger partial charge in [0, 0.05) is 12.8 Å². The van der Waals surface area contributed by atoms with Crippen molar-refractivity contribution < 1.29 is 9.53 Å². The van der Waals surface area contributed by atoms with E-state index < -0.39 is 0 Å². The lowest BCUT2D eigenvalue weighted by Crippen LogP contribution is -2.10. The molecule has 2 rings (SSSR count). The fourth-order valence-corrected chi connectivity index (χ4v) is 2.40. The van der Waals surface area contributed by atoms with Crippen LogP contribution in [-0.2, 0) is 11.2 Å². The third kappa shape index (κ3) is 4.45. The third-order valence-electron chi connectivity index (χ3n) is 3.66. The molecule has 2 aromatic carbocycles. The minimum atomic E-state index is 0.222. The molecule has 0 saturated heterocycles. The molecule has 0 unspecified atom stereocenters. The zero-order chi connectivity index (χ0) is 15.2. The van der Waals surface area contributed by atoms with Gasteiger partial charge in [0.25, 0.3) is 0 Å². The Kier molecular flexibility index (Phi) is 5.15. The first-order chi connectivity index (χ1) is 10.1. The van der Waals surface area contributed by atoms with Gasteiger partial charge in [0.2, 0.25) is 0 Å². The van der Waals surface area contributed by atoms with E-state index in [4.69, 9.17) is 4.74 Å². The quantitative estimate of drug-likeness (QED) is 0.794. The summed E-state index contributed by atoms with van der Waals surface area (Å²) in [6.45, 7) is 6.57. The van der Waals surface area contributed by atoms with Gasteiger partial charge in [0.15, 0.2) is 0 Å². The fourth-order valence-electron chi connectivity index (χ4n) is 2.40. The summed E-state index contributed by atoms with van der Waals surface area (Å²) in [4.78, 5) is 12.1. The fraction of sp³-hybridized carbons (Fsp3) is 0.316. The standard InChI is InChI=1S/C19H22O2/c1-14-6-4-9-18(12-14)21-11-10-17(20)13-19-15(2)7-5-8-16(19)3/h4-9,12H,10-11,13H2,1-3H3. The number of carbonyl (C=O) groups is 1. The van der Waals surface area contributed by atoms with Crippen molar-refractivity contribution >= 4 is 5.78 Å². The van der Waals surface area contributed by atoms with E-state index in [1.807, 2.05) is 37.3 Å². The maximum atomic E-state index is 12.1. The Bertz CT molecular complexity index is 609. The first kappa shape index (κ1) is 15.3. The molecular formula is C19H22O2. The number of rotatable bonds is 6. The van der Waals surface area contributed by atoms with E-state index in [-0.39, 0.29) is 5.78 Å². The van der Waals surface area contributed by atoms with Crippen LogP contribution in [0.25, 0.3) is 0 Å². The van der Waals surface area contributed by atoms with Crippen LogP contribution >= 0.6 is 0 Å². The molecule has 2 aromatic rings. The molecule has 0 saturated carbocycles. The number of Topliss-reactive ketones (excluding diaryl/α,β-unsaturated/α-hetero) is 1. The van der Waals surface area contributed by atoms with Crippen LogP contribution in [-0.4, -0.2) is 12.4 Å². The molecule has 0 aliphatic heterocycles. The summed E-state index contributed by atoms with van der Waals surface area (Å²) in [5, 5.41) is 0. The lowest BCUT2D eigenvalue weighted by molar-refractivity contribution is -0.118. The maximum Gasteiger partial charge on any atom is 0.140 e. The normalized spacial score (nSPS) is 10.4. The van der Waals surface area contributed by atoms with Crippen molar-refractivity contribution in [2.75, 3.05) is 6.61 Å². The average molecular weight is 282 g/mol. The van der Waals surface area contributed by atoms with Crippen molar-refractivity contribution in [2.45, 2.75) is 33.6 Å². The third-order valence-corrected chi connectivity index (χ3v) is 3.66. The number of ether oxygens (including phenoxy) is 1. The zero-order valence-electron chi connectivity index (χ0n) is 13.0. The van der Waals surface area contributed by atoms with E-state index in [2.05, 4.69) is 26.0 Å². The molecule has 0 aromatic heterocycles.